The summed E-state index contributed by atoms with van der Waals surface area (Å²) >= 11 is 1.40. The Kier molecular flexibility index (Phi) is 6.18. The van der Waals surface area contributed by atoms with Crippen molar-refractivity contribution in [1.82, 2.24) is 10.2 Å². The minimum Gasteiger partial charge on any atom is -0.311 e. The number of aromatic nitrogens is 2. The summed E-state index contributed by atoms with van der Waals surface area (Å²) in [7, 11) is 0. The molecule has 6 nitrogen and oxygen atoms in total. The summed E-state index contributed by atoms with van der Waals surface area (Å²) in [6.45, 7) is 2.36. The van der Waals surface area contributed by atoms with Gasteiger partial charge in [0, 0.05) is 25.1 Å². The average molecular weight is 421 g/mol. The van der Waals surface area contributed by atoms with Gasteiger partial charge in [0.05, 0.1) is 5.92 Å². The summed E-state index contributed by atoms with van der Waals surface area (Å²) < 4.78 is 0. The van der Waals surface area contributed by atoms with Gasteiger partial charge in [0.2, 0.25) is 16.9 Å². The molecule has 1 aromatic heterocycles. The third kappa shape index (κ3) is 4.74. The van der Waals surface area contributed by atoms with Crippen molar-refractivity contribution in [2.75, 3.05) is 16.8 Å². The molecule has 1 aliphatic heterocycles. The van der Waals surface area contributed by atoms with E-state index in [-0.39, 0.29) is 24.2 Å². The number of carbonyl (C=O) groups excluding carboxylic acids is 2. The number of para-hydroxylation sites is 1. The number of amides is 2. The van der Waals surface area contributed by atoms with Crippen LogP contribution in [0.5, 0.6) is 0 Å². The van der Waals surface area contributed by atoms with E-state index < -0.39 is 0 Å². The number of aryl methyl sites for hydroxylation is 3. The predicted octanol–water partition coefficient (Wildman–Crippen LogP) is 4.01. The Morgan fingerprint density at radius 1 is 1.10 bits per heavy atom. The SMILES string of the molecule is Cc1ccccc1N1CC(C(=O)Nc2nnc(CCCc3ccccc3)s2)CC1=O. The van der Waals surface area contributed by atoms with Gasteiger partial charge in [-0.25, -0.2) is 0 Å². The summed E-state index contributed by atoms with van der Waals surface area (Å²) in [5.41, 5.74) is 3.20. The van der Waals surface area contributed by atoms with Gasteiger partial charge in [-0.3, -0.25) is 9.59 Å². The molecule has 7 heteroatoms. The summed E-state index contributed by atoms with van der Waals surface area (Å²) in [4.78, 5) is 26.8. The van der Waals surface area contributed by atoms with E-state index in [4.69, 9.17) is 0 Å². The van der Waals surface area contributed by atoms with Crippen LogP contribution in [0.15, 0.2) is 54.6 Å². The van der Waals surface area contributed by atoms with Crippen LogP contribution >= 0.6 is 11.3 Å². The van der Waals surface area contributed by atoms with Crippen molar-refractivity contribution in [2.45, 2.75) is 32.6 Å². The number of nitrogens with one attached hydrogen (secondary N) is 1. The van der Waals surface area contributed by atoms with Gasteiger partial charge in [0.25, 0.3) is 0 Å². The molecule has 4 rings (SSSR count). The lowest BCUT2D eigenvalue weighted by atomic mass is 10.1. The van der Waals surface area contributed by atoms with Crippen molar-refractivity contribution in [3.8, 4) is 0 Å². The second-order valence-electron chi connectivity index (χ2n) is 7.52. The van der Waals surface area contributed by atoms with E-state index in [9.17, 15) is 9.59 Å². The Morgan fingerprint density at radius 2 is 1.87 bits per heavy atom. The van der Waals surface area contributed by atoms with E-state index in [1.165, 1.54) is 16.9 Å². The molecule has 0 aliphatic carbocycles. The van der Waals surface area contributed by atoms with Crippen LogP contribution in [0.2, 0.25) is 0 Å². The van der Waals surface area contributed by atoms with Gasteiger partial charge >= 0.3 is 0 Å². The van der Waals surface area contributed by atoms with Crippen molar-refractivity contribution < 1.29 is 9.59 Å². The van der Waals surface area contributed by atoms with Gasteiger partial charge in [-0.15, -0.1) is 10.2 Å². The molecular formula is C23H24N4O2S. The molecule has 0 spiro atoms. The van der Waals surface area contributed by atoms with E-state index in [0.29, 0.717) is 11.7 Å². The van der Waals surface area contributed by atoms with E-state index in [2.05, 4.69) is 27.6 Å². The quantitative estimate of drug-likeness (QED) is 0.627. The molecule has 154 valence electrons. The molecule has 1 saturated heterocycles. The average Bonchev–Trinajstić information content (AvgIpc) is 3.36. The second kappa shape index (κ2) is 9.17. The van der Waals surface area contributed by atoms with Crippen LogP contribution < -0.4 is 10.2 Å². The smallest absolute Gasteiger partial charge is 0.231 e. The maximum Gasteiger partial charge on any atom is 0.231 e. The normalized spacial score (nSPS) is 16.1. The molecule has 2 amide bonds. The Balaban J connectivity index is 1.30. The minimum atomic E-state index is -0.387. The molecule has 3 aromatic rings. The first kappa shape index (κ1) is 20.2. The number of hydrogen-bond acceptors (Lipinski definition) is 5. The lowest BCUT2D eigenvalue weighted by Gasteiger charge is -2.18. The zero-order valence-electron chi connectivity index (χ0n) is 16.9. The summed E-state index contributed by atoms with van der Waals surface area (Å²) in [5.74, 6) is -0.586. The van der Waals surface area contributed by atoms with E-state index >= 15 is 0 Å². The maximum absolute atomic E-state index is 12.7. The van der Waals surface area contributed by atoms with Gasteiger partial charge in [0.1, 0.15) is 5.01 Å². The maximum atomic E-state index is 12.7. The Bertz CT molecular complexity index is 1030. The standard InChI is InChI=1S/C23H24N4O2S/c1-16-8-5-6-12-19(16)27-15-18(14-21(27)28)22(29)24-23-26-25-20(30-23)13-7-11-17-9-3-2-4-10-17/h2-6,8-10,12,18H,7,11,13-15H2,1H3,(H,24,26,29). The van der Waals surface area contributed by atoms with Crippen LogP contribution in [0.25, 0.3) is 0 Å². The lowest BCUT2D eigenvalue weighted by molar-refractivity contribution is -0.122. The fourth-order valence-electron chi connectivity index (χ4n) is 3.68. The van der Waals surface area contributed by atoms with Crippen molar-refractivity contribution in [3.05, 3.63) is 70.7 Å². The fraction of sp³-hybridized carbons (Fsp3) is 0.304. The number of carbonyl (C=O) groups is 2. The van der Waals surface area contributed by atoms with Crippen molar-refractivity contribution in [3.63, 3.8) is 0 Å². The van der Waals surface area contributed by atoms with E-state index in [0.717, 1.165) is 35.5 Å². The third-order valence-electron chi connectivity index (χ3n) is 5.30. The topological polar surface area (TPSA) is 75.2 Å². The van der Waals surface area contributed by atoms with Gasteiger partial charge in [-0.2, -0.15) is 0 Å². The van der Waals surface area contributed by atoms with Crippen LogP contribution in [-0.4, -0.2) is 28.6 Å². The van der Waals surface area contributed by atoms with Gasteiger partial charge in [-0.1, -0.05) is 59.9 Å². The van der Waals surface area contributed by atoms with Crippen molar-refractivity contribution in [2.24, 2.45) is 5.92 Å². The summed E-state index contributed by atoms with van der Waals surface area (Å²) in [6, 6.07) is 18.1. The van der Waals surface area contributed by atoms with Crippen LogP contribution in [-0.2, 0) is 22.4 Å². The zero-order valence-corrected chi connectivity index (χ0v) is 17.7. The number of nitrogens with zero attached hydrogens (tertiary/aromatic N) is 3. The third-order valence-corrected chi connectivity index (χ3v) is 6.20. The predicted molar refractivity (Wildman–Crippen MR) is 119 cm³/mol. The van der Waals surface area contributed by atoms with Gasteiger partial charge in [0.15, 0.2) is 0 Å². The number of anilines is 2. The van der Waals surface area contributed by atoms with Crippen molar-refractivity contribution in [1.29, 1.82) is 0 Å². The minimum absolute atomic E-state index is 0.0247. The highest BCUT2D eigenvalue weighted by atomic mass is 32.1. The van der Waals surface area contributed by atoms with E-state index in [1.807, 2.05) is 49.4 Å². The highest BCUT2D eigenvalue weighted by molar-refractivity contribution is 7.15. The number of rotatable bonds is 7. The first-order valence-electron chi connectivity index (χ1n) is 10.1. The number of benzene rings is 2. The molecule has 0 radical (unpaired) electrons. The Hall–Kier alpha value is -3.06. The van der Waals surface area contributed by atoms with Crippen LogP contribution in [0.1, 0.15) is 29.0 Å². The Morgan fingerprint density at radius 3 is 2.67 bits per heavy atom. The highest BCUT2D eigenvalue weighted by Gasteiger charge is 2.35. The monoisotopic (exact) mass is 420 g/mol. The molecule has 1 aliphatic rings. The van der Waals surface area contributed by atoms with Crippen LogP contribution in [0.4, 0.5) is 10.8 Å². The molecule has 2 heterocycles. The Labute approximate surface area is 180 Å². The van der Waals surface area contributed by atoms with Gasteiger partial charge in [-0.05, 0) is 37.0 Å². The fourth-order valence-corrected chi connectivity index (χ4v) is 4.47. The molecule has 2 aromatic carbocycles. The largest absolute Gasteiger partial charge is 0.311 e. The second-order valence-corrected chi connectivity index (χ2v) is 8.58. The number of hydrogen-bond donors (Lipinski definition) is 1. The van der Waals surface area contributed by atoms with Crippen LogP contribution in [0.3, 0.4) is 0 Å². The van der Waals surface area contributed by atoms with Gasteiger partial charge < -0.3 is 10.2 Å². The zero-order chi connectivity index (χ0) is 20.9. The lowest BCUT2D eigenvalue weighted by Crippen LogP contribution is -2.28. The van der Waals surface area contributed by atoms with E-state index in [1.54, 1.807) is 4.90 Å². The summed E-state index contributed by atoms with van der Waals surface area (Å²) in [6.07, 6.45) is 3.00. The molecule has 1 unspecified atom stereocenters. The molecule has 1 N–H and O–H groups in total. The molecule has 0 saturated carbocycles. The molecule has 1 atom stereocenters. The first-order chi connectivity index (χ1) is 14.6. The molecule has 30 heavy (non-hydrogen) atoms. The van der Waals surface area contributed by atoms with Crippen LogP contribution in [0, 0.1) is 12.8 Å². The summed E-state index contributed by atoms with van der Waals surface area (Å²) in [5, 5.41) is 12.5. The highest BCUT2D eigenvalue weighted by Crippen LogP contribution is 2.28. The molecule has 1 fully saturated rings. The molecule has 0 bridgehead atoms. The molecular weight excluding hydrogens is 396 g/mol. The van der Waals surface area contributed by atoms with Crippen molar-refractivity contribution >= 4 is 34.0 Å². The first-order valence-corrected chi connectivity index (χ1v) is 10.9.